The molecule has 1 aliphatic heterocycles. The van der Waals surface area contributed by atoms with Crippen molar-refractivity contribution in [3.8, 4) is 0 Å². The molecular weight excluding hydrogens is 280 g/mol. The van der Waals surface area contributed by atoms with Gasteiger partial charge in [-0.15, -0.1) is 11.3 Å². The van der Waals surface area contributed by atoms with Crippen molar-refractivity contribution in [2.45, 2.75) is 26.7 Å². The second-order valence-corrected chi connectivity index (χ2v) is 5.94. The summed E-state index contributed by atoms with van der Waals surface area (Å²) >= 11 is 1.38. The molecule has 0 aromatic carbocycles. The Morgan fingerprint density at radius 1 is 1.35 bits per heavy atom. The highest BCUT2D eigenvalue weighted by molar-refractivity contribution is 7.12. The second kappa shape index (κ2) is 5.09. The second-order valence-electron chi connectivity index (χ2n) is 4.62. The third-order valence-corrected chi connectivity index (χ3v) is 4.26. The first-order chi connectivity index (χ1) is 9.32. The zero-order chi connectivity index (χ0) is 15.0. The molecule has 0 fully saturated rings. The van der Waals surface area contributed by atoms with Gasteiger partial charge in [0.1, 0.15) is 5.92 Å². The van der Waals surface area contributed by atoms with Crippen LogP contribution in [0.4, 0.5) is 0 Å². The van der Waals surface area contributed by atoms with Gasteiger partial charge in [0.25, 0.3) is 5.70 Å². The summed E-state index contributed by atoms with van der Waals surface area (Å²) in [5.41, 5.74) is 0.754. The van der Waals surface area contributed by atoms with Gasteiger partial charge in [0.15, 0.2) is 0 Å². The van der Waals surface area contributed by atoms with E-state index in [1.165, 1.54) is 11.3 Å². The third kappa shape index (κ3) is 2.32. The Bertz CT molecular complexity index is 621. The van der Waals surface area contributed by atoms with E-state index in [1.54, 1.807) is 19.9 Å². The number of hydrogen-bond acceptors (Lipinski definition) is 5. The van der Waals surface area contributed by atoms with Crippen molar-refractivity contribution in [2.24, 2.45) is 0 Å². The lowest BCUT2D eigenvalue weighted by Crippen LogP contribution is -2.30. The SMILES string of the molecule is CC1=C(C(=O)O)C(c2ccc(C)s2)C([N+](=O)[O-])=C(C)N1. The summed E-state index contributed by atoms with van der Waals surface area (Å²) in [6, 6.07) is 3.59. The van der Waals surface area contributed by atoms with E-state index >= 15 is 0 Å². The molecule has 2 N–H and O–H groups in total. The van der Waals surface area contributed by atoms with E-state index in [-0.39, 0.29) is 11.3 Å². The Morgan fingerprint density at radius 3 is 2.45 bits per heavy atom. The first-order valence-electron chi connectivity index (χ1n) is 5.95. The number of rotatable bonds is 3. The Balaban J connectivity index is 2.67. The molecule has 20 heavy (non-hydrogen) atoms. The van der Waals surface area contributed by atoms with Gasteiger partial charge in [-0.25, -0.2) is 4.79 Å². The number of nitrogens with one attached hydrogen (secondary N) is 1. The summed E-state index contributed by atoms with van der Waals surface area (Å²) in [7, 11) is 0. The minimum Gasteiger partial charge on any atom is -0.478 e. The van der Waals surface area contributed by atoms with E-state index in [0.717, 1.165) is 4.88 Å². The molecule has 2 heterocycles. The van der Waals surface area contributed by atoms with Crippen molar-refractivity contribution in [1.29, 1.82) is 0 Å². The van der Waals surface area contributed by atoms with Crippen molar-refractivity contribution in [3.05, 3.63) is 54.7 Å². The quantitative estimate of drug-likeness (QED) is 0.660. The van der Waals surface area contributed by atoms with Crippen LogP contribution in [0.2, 0.25) is 0 Å². The van der Waals surface area contributed by atoms with Gasteiger partial charge < -0.3 is 10.4 Å². The lowest BCUT2D eigenvalue weighted by Gasteiger charge is -2.24. The van der Waals surface area contributed by atoms with Crippen LogP contribution < -0.4 is 5.32 Å². The predicted molar refractivity (Wildman–Crippen MR) is 75.0 cm³/mol. The van der Waals surface area contributed by atoms with Gasteiger partial charge in [-0.3, -0.25) is 10.1 Å². The fraction of sp³-hybridized carbons (Fsp3) is 0.308. The van der Waals surface area contributed by atoms with Crippen molar-refractivity contribution in [1.82, 2.24) is 5.32 Å². The molecule has 1 aromatic rings. The Hall–Kier alpha value is -2.15. The van der Waals surface area contributed by atoms with Gasteiger partial charge in [0, 0.05) is 15.5 Å². The summed E-state index contributed by atoms with van der Waals surface area (Å²) in [4.78, 5) is 24.0. The number of carboxylic acids is 1. The van der Waals surface area contributed by atoms with E-state index in [4.69, 9.17) is 0 Å². The van der Waals surface area contributed by atoms with Gasteiger partial charge in [-0.2, -0.15) is 0 Å². The van der Waals surface area contributed by atoms with Gasteiger partial charge in [-0.1, -0.05) is 0 Å². The maximum Gasteiger partial charge on any atom is 0.334 e. The normalized spacial score (nSPS) is 19.1. The van der Waals surface area contributed by atoms with Gasteiger partial charge in [-0.05, 0) is 32.9 Å². The zero-order valence-electron chi connectivity index (χ0n) is 11.3. The number of carboxylic acid groups (broad SMARTS) is 1. The number of nitrogens with zero attached hydrogens (tertiary/aromatic N) is 1. The monoisotopic (exact) mass is 294 g/mol. The highest BCUT2D eigenvalue weighted by Crippen LogP contribution is 2.40. The molecule has 0 aliphatic carbocycles. The van der Waals surface area contributed by atoms with Crippen LogP contribution >= 0.6 is 11.3 Å². The molecule has 0 bridgehead atoms. The molecule has 0 radical (unpaired) electrons. The van der Waals surface area contributed by atoms with Gasteiger partial charge in [0.2, 0.25) is 0 Å². The molecule has 7 heteroatoms. The predicted octanol–water partition coefficient (Wildman–Crippen LogP) is 2.61. The Kier molecular flexibility index (Phi) is 3.63. The van der Waals surface area contributed by atoms with E-state index in [2.05, 4.69) is 5.32 Å². The van der Waals surface area contributed by atoms with Crippen LogP contribution in [-0.4, -0.2) is 16.0 Å². The average molecular weight is 294 g/mol. The molecule has 1 atom stereocenters. The maximum absolute atomic E-state index is 11.5. The average Bonchev–Trinajstić information content (AvgIpc) is 2.73. The molecule has 0 spiro atoms. The molecule has 2 rings (SSSR count). The van der Waals surface area contributed by atoms with Crippen LogP contribution in [0.15, 0.2) is 34.8 Å². The number of allylic oxidation sites excluding steroid dienone is 3. The molecule has 0 amide bonds. The zero-order valence-corrected chi connectivity index (χ0v) is 12.1. The molecule has 6 nitrogen and oxygen atoms in total. The molecule has 0 saturated heterocycles. The molecule has 0 saturated carbocycles. The summed E-state index contributed by atoms with van der Waals surface area (Å²) in [6.45, 7) is 5.10. The van der Waals surface area contributed by atoms with Crippen molar-refractivity contribution in [2.75, 3.05) is 0 Å². The van der Waals surface area contributed by atoms with E-state index in [0.29, 0.717) is 16.3 Å². The Labute approximate surface area is 119 Å². The summed E-state index contributed by atoms with van der Waals surface area (Å²) in [5.74, 6) is -1.97. The first kappa shape index (κ1) is 14.3. The number of thiophene rings is 1. The highest BCUT2D eigenvalue weighted by Gasteiger charge is 2.40. The number of carbonyl (C=O) groups is 1. The minimum atomic E-state index is -1.14. The molecule has 106 valence electrons. The molecule has 1 aromatic heterocycles. The third-order valence-electron chi connectivity index (χ3n) is 3.20. The van der Waals surface area contributed by atoms with Crippen LogP contribution in [0.1, 0.15) is 29.5 Å². The van der Waals surface area contributed by atoms with Gasteiger partial charge in [0.05, 0.1) is 16.2 Å². The summed E-state index contributed by atoms with van der Waals surface area (Å²) in [5, 5.41) is 23.5. The molecule has 1 unspecified atom stereocenters. The first-order valence-corrected chi connectivity index (χ1v) is 6.77. The van der Waals surface area contributed by atoms with Crippen LogP contribution in [0.25, 0.3) is 0 Å². The highest BCUT2D eigenvalue weighted by atomic mass is 32.1. The smallest absolute Gasteiger partial charge is 0.334 e. The largest absolute Gasteiger partial charge is 0.478 e. The summed E-state index contributed by atoms with van der Waals surface area (Å²) in [6.07, 6.45) is 0. The number of dihydropyridines is 1. The summed E-state index contributed by atoms with van der Waals surface area (Å²) < 4.78 is 0. The molecular formula is C13H14N2O4S. The van der Waals surface area contributed by atoms with Crippen LogP contribution in [0, 0.1) is 17.0 Å². The van der Waals surface area contributed by atoms with Crippen molar-refractivity contribution in [3.63, 3.8) is 0 Å². The van der Waals surface area contributed by atoms with E-state index in [1.807, 2.05) is 13.0 Å². The number of hydrogen-bond donors (Lipinski definition) is 2. The maximum atomic E-state index is 11.5. The number of nitro groups is 1. The topological polar surface area (TPSA) is 92.5 Å². The molecule has 1 aliphatic rings. The van der Waals surface area contributed by atoms with Gasteiger partial charge >= 0.3 is 5.97 Å². The number of aryl methyl sites for hydroxylation is 1. The van der Waals surface area contributed by atoms with Crippen LogP contribution in [0.5, 0.6) is 0 Å². The number of aliphatic carboxylic acids is 1. The van der Waals surface area contributed by atoms with Crippen molar-refractivity contribution < 1.29 is 14.8 Å². The fourth-order valence-corrected chi connectivity index (χ4v) is 3.39. The lowest BCUT2D eigenvalue weighted by molar-refractivity contribution is -0.430. The lowest BCUT2D eigenvalue weighted by atomic mass is 9.88. The van der Waals surface area contributed by atoms with Crippen LogP contribution in [-0.2, 0) is 4.79 Å². The van der Waals surface area contributed by atoms with Crippen LogP contribution in [0.3, 0.4) is 0 Å². The minimum absolute atomic E-state index is 0.0316. The standard InChI is InChI=1S/C13H14N2O4S/c1-6-4-5-9(20-6)11-10(13(16)17)7(2)14-8(3)12(11)15(18)19/h4-5,11,14H,1-3H3,(H,16,17). The Morgan fingerprint density at radius 2 is 2.00 bits per heavy atom. The van der Waals surface area contributed by atoms with Crippen molar-refractivity contribution >= 4 is 17.3 Å². The fourth-order valence-electron chi connectivity index (χ4n) is 2.39. The van der Waals surface area contributed by atoms with E-state index in [9.17, 15) is 20.0 Å². The van der Waals surface area contributed by atoms with E-state index < -0.39 is 16.8 Å².